The van der Waals surface area contributed by atoms with Crippen LogP contribution in [0.5, 0.6) is 0 Å². The van der Waals surface area contributed by atoms with Gasteiger partial charge in [0.2, 0.25) is 0 Å². The molecule has 1 aromatic heterocycles. The Bertz CT molecular complexity index is 692. The summed E-state index contributed by atoms with van der Waals surface area (Å²) in [5.41, 5.74) is 0.238. The summed E-state index contributed by atoms with van der Waals surface area (Å²) < 4.78 is 13.8. The molecular weight excluding hydrogens is 289 g/mol. The van der Waals surface area contributed by atoms with Crippen LogP contribution in [0.4, 0.5) is 10.1 Å². The van der Waals surface area contributed by atoms with Crippen molar-refractivity contribution in [1.82, 2.24) is 10.3 Å². The Kier molecular flexibility index (Phi) is 4.77. The van der Waals surface area contributed by atoms with Gasteiger partial charge in [0, 0.05) is 18.5 Å². The van der Waals surface area contributed by atoms with Gasteiger partial charge in [0.05, 0.1) is 22.6 Å². The molecule has 0 aliphatic heterocycles. The SMILES string of the molecule is CC[C@H](NC(=O)c1ccc([N+](=O)[O-])cc1F)c1ccncc1. The van der Waals surface area contributed by atoms with Crippen molar-refractivity contribution in [2.75, 3.05) is 0 Å². The van der Waals surface area contributed by atoms with Gasteiger partial charge in [-0.25, -0.2) is 4.39 Å². The number of amides is 1. The number of halogens is 1. The summed E-state index contributed by atoms with van der Waals surface area (Å²) in [6.07, 6.45) is 3.83. The summed E-state index contributed by atoms with van der Waals surface area (Å²) in [4.78, 5) is 25.9. The first-order valence-corrected chi connectivity index (χ1v) is 6.67. The van der Waals surface area contributed by atoms with Crippen molar-refractivity contribution in [3.63, 3.8) is 0 Å². The Hall–Kier alpha value is -2.83. The van der Waals surface area contributed by atoms with E-state index in [0.29, 0.717) is 6.42 Å². The Morgan fingerprint density at radius 2 is 2.05 bits per heavy atom. The number of nitro benzene ring substituents is 1. The standard InChI is InChI=1S/C15H14FN3O3/c1-2-14(10-5-7-17-8-6-10)18-15(20)12-4-3-11(19(21)22)9-13(12)16/h3-9,14H,2H2,1H3,(H,18,20)/t14-/m0/s1. The number of benzene rings is 1. The van der Waals surface area contributed by atoms with Crippen molar-refractivity contribution >= 4 is 11.6 Å². The van der Waals surface area contributed by atoms with E-state index in [2.05, 4.69) is 10.3 Å². The zero-order valence-corrected chi connectivity index (χ0v) is 11.8. The largest absolute Gasteiger partial charge is 0.345 e. The minimum atomic E-state index is -0.920. The van der Waals surface area contributed by atoms with Crippen LogP contribution in [0.2, 0.25) is 0 Å². The molecule has 1 heterocycles. The summed E-state index contributed by atoms with van der Waals surface area (Å²) in [5.74, 6) is -1.53. The molecule has 1 aromatic carbocycles. The van der Waals surface area contributed by atoms with Gasteiger partial charge in [-0.3, -0.25) is 19.9 Å². The zero-order chi connectivity index (χ0) is 16.1. The third-order valence-corrected chi connectivity index (χ3v) is 3.23. The lowest BCUT2D eigenvalue weighted by Gasteiger charge is -2.17. The monoisotopic (exact) mass is 303 g/mol. The molecule has 1 atom stereocenters. The van der Waals surface area contributed by atoms with Crippen LogP contribution in [0.1, 0.15) is 35.3 Å². The molecule has 0 aliphatic rings. The fourth-order valence-corrected chi connectivity index (χ4v) is 2.05. The average Bonchev–Trinajstić information content (AvgIpc) is 2.53. The van der Waals surface area contributed by atoms with Gasteiger partial charge in [0.15, 0.2) is 0 Å². The van der Waals surface area contributed by atoms with E-state index in [1.54, 1.807) is 24.5 Å². The van der Waals surface area contributed by atoms with Gasteiger partial charge < -0.3 is 5.32 Å². The molecule has 2 rings (SSSR count). The van der Waals surface area contributed by atoms with Crippen LogP contribution < -0.4 is 5.32 Å². The lowest BCUT2D eigenvalue weighted by atomic mass is 10.1. The second kappa shape index (κ2) is 6.75. The Morgan fingerprint density at radius 1 is 1.36 bits per heavy atom. The predicted molar refractivity (Wildman–Crippen MR) is 77.8 cm³/mol. The number of pyridine rings is 1. The molecule has 22 heavy (non-hydrogen) atoms. The molecule has 0 fully saturated rings. The summed E-state index contributed by atoms with van der Waals surface area (Å²) in [6, 6.07) is 6.20. The number of nitro groups is 1. The predicted octanol–water partition coefficient (Wildman–Crippen LogP) is 3.01. The molecule has 0 radical (unpaired) electrons. The average molecular weight is 303 g/mol. The van der Waals surface area contributed by atoms with Gasteiger partial charge in [-0.05, 0) is 30.2 Å². The minimum Gasteiger partial charge on any atom is -0.345 e. The minimum absolute atomic E-state index is 0.224. The van der Waals surface area contributed by atoms with Crippen molar-refractivity contribution in [3.8, 4) is 0 Å². The van der Waals surface area contributed by atoms with E-state index in [4.69, 9.17) is 0 Å². The third kappa shape index (κ3) is 3.43. The fraction of sp³-hybridized carbons (Fsp3) is 0.200. The summed E-state index contributed by atoms with van der Waals surface area (Å²) in [7, 11) is 0. The van der Waals surface area contributed by atoms with Crippen LogP contribution in [0.25, 0.3) is 0 Å². The molecule has 0 saturated heterocycles. The van der Waals surface area contributed by atoms with E-state index in [-0.39, 0.29) is 11.6 Å². The number of carbonyl (C=O) groups is 1. The number of nitrogens with one attached hydrogen (secondary N) is 1. The smallest absolute Gasteiger partial charge is 0.272 e. The number of rotatable bonds is 5. The van der Waals surface area contributed by atoms with Crippen LogP contribution in [-0.4, -0.2) is 15.8 Å². The highest BCUT2D eigenvalue weighted by molar-refractivity contribution is 5.95. The molecule has 1 N–H and O–H groups in total. The molecule has 6 nitrogen and oxygen atoms in total. The number of non-ortho nitro benzene ring substituents is 1. The van der Waals surface area contributed by atoms with Crippen LogP contribution in [-0.2, 0) is 0 Å². The Balaban J connectivity index is 2.19. The lowest BCUT2D eigenvalue weighted by Crippen LogP contribution is -2.28. The van der Waals surface area contributed by atoms with Crippen LogP contribution in [0.15, 0.2) is 42.7 Å². The first-order valence-electron chi connectivity index (χ1n) is 6.67. The first kappa shape index (κ1) is 15.6. The van der Waals surface area contributed by atoms with Crippen LogP contribution in [0, 0.1) is 15.9 Å². The number of aromatic nitrogens is 1. The number of nitrogens with zero attached hydrogens (tertiary/aromatic N) is 2. The van der Waals surface area contributed by atoms with Gasteiger partial charge >= 0.3 is 0 Å². The Labute approximate surface area is 126 Å². The van der Waals surface area contributed by atoms with E-state index >= 15 is 0 Å². The van der Waals surface area contributed by atoms with Gasteiger partial charge in [-0.2, -0.15) is 0 Å². The lowest BCUT2D eigenvalue weighted by molar-refractivity contribution is -0.385. The van der Waals surface area contributed by atoms with Crippen LogP contribution in [0.3, 0.4) is 0 Å². The molecule has 1 amide bonds. The van der Waals surface area contributed by atoms with Crippen molar-refractivity contribution in [2.24, 2.45) is 0 Å². The summed E-state index contributed by atoms with van der Waals surface area (Å²) in [6.45, 7) is 1.89. The summed E-state index contributed by atoms with van der Waals surface area (Å²) >= 11 is 0. The van der Waals surface area contributed by atoms with Gasteiger partial charge in [0.25, 0.3) is 11.6 Å². The normalized spacial score (nSPS) is 11.7. The van der Waals surface area contributed by atoms with Gasteiger partial charge in [-0.1, -0.05) is 6.92 Å². The van der Waals surface area contributed by atoms with Gasteiger partial charge in [0.1, 0.15) is 5.82 Å². The van der Waals surface area contributed by atoms with Crippen molar-refractivity contribution < 1.29 is 14.1 Å². The molecule has 0 saturated carbocycles. The second-order valence-corrected chi connectivity index (χ2v) is 4.64. The molecule has 114 valence electrons. The molecule has 0 aliphatic carbocycles. The second-order valence-electron chi connectivity index (χ2n) is 4.64. The van der Waals surface area contributed by atoms with Crippen molar-refractivity contribution in [3.05, 3.63) is 69.8 Å². The van der Waals surface area contributed by atoms with Crippen LogP contribution >= 0.6 is 0 Å². The number of carbonyl (C=O) groups excluding carboxylic acids is 1. The molecule has 0 spiro atoms. The van der Waals surface area contributed by atoms with Crippen molar-refractivity contribution in [2.45, 2.75) is 19.4 Å². The van der Waals surface area contributed by atoms with E-state index in [1.165, 1.54) is 0 Å². The molecule has 0 unspecified atom stereocenters. The topological polar surface area (TPSA) is 85.1 Å². The molecule has 0 bridgehead atoms. The number of hydrogen-bond donors (Lipinski definition) is 1. The number of hydrogen-bond acceptors (Lipinski definition) is 4. The fourth-order valence-electron chi connectivity index (χ4n) is 2.05. The van der Waals surface area contributed by atoms with E-state index in [1.807, 2.05) is 6.92 Å². The van der Waals surface area contributed by atoms with E-state index in [9.17, 15) is 19.3 Å². The highest BCUT2D eigenvalue weighted by atomic mass is 19.1. The Morgan fingerprint density at radius 3 is 2.59 bits per heavy atom. The quantitative estimate of drug-likeness (QED) is 0.679. The third-order valence-electron chi connectivity index (χ3n) is 3.23. The van der Waals surface area contributed by atoms with E-state index < -0.39 is 22.3 Å². The highest BCUT2D eigenvalue weighted by Crippen LogP contribution is 2.19. The maximum Gasteiger partial charge on any atom is 0.272 e. The van der Waals surface area contributed by atoms with Crippen molar-refractivity contribution in [1.29, 1.82) is 0 Å². The maximum atomic E-state index is 13.8. The molecular formula is C15H14FN3O3. The highest BCUT2D eigenvalue weighted by Gasteiger charge is 2.19. The maximum absolute atomic E-state index is 13.8. The molecule has 2 aromatic rings. The van der Waals surface area contributed by atoms with Gasteiger partial charge in [-0.15, -0.1) is 0 Å². The molecule has 7 heteroatoms. The summed E-state index contributed by atoms with van der Waals surface area (Å²) in [5, 5.41) is 13.3. The first-order chi connectivity index (χ1) is 10.5. The zero-order valence-electron chi connectivity index (χ0n) is 11.8. The van der Waals surface area contributed by atoms with E-state index in [0.717, 1.165) is 23.8 Å².